The van der Waals surface area contributed by atoms with E-state index < -0.39 is 25.2 Å². The minimum absolute atomic E-state index is 0.169. The Morgan fingerprint density at radius 1 is 1.43 bits per heavy atom. The number of rotatable bonds is 6. The maximum absolute atomic E-state index is 11.9. The molecule has 0 aromatic rings. The molecule has 0 unspecified atom stereocenters. The molecule has 0 spiro atoms. The summed E-state index contributed by atoms with van der Waals surface area (Å²) in [7, 11) is 0. The van der Waals surface area contributed by atoms with Gasteiger partial charge in [-0.15, -0.1) is 0 Å². The van der Waals surface area contributed by atoms with Gasteiger partial charge in [-0.05, 0) is 13.0 Å². The number of hydrogen-bond acceptors (Lipinski definition) is 2. The van der Waals surface area contributed by atoms with Gasteiger partial charge in [0.25, 0.3) is 0 Å². The summed E-state index contributed by atoms with van der Waals surface area (Å²) in [5.41, 5.74) is 0. The predicted octanol–water partition coefficient (Wildman–Crippen LogP) is 1.74. The maximum Gasteiger partial charge on any atom is 0.401 e. The summed E-state index contributed by atoms with van der Waals surface area (Å²) in [6, 6.07) is 0. The molecule has 0 saturated heterocycles. The van der Waals surface area contributed by atoms with Crippen molar-refractivity contribution in [2.24, 2.45) is 0 Å². The van der Waals surface area contributed by atoms with Crippen molar-refractivity contribution in [3.8, 4) is 0 Å². The lowest BCUT2D eigenvalue weighted by Crippen LogP contribution is -2.38. The number of unbranched alkanes of at least 4 members (excludes halogenated alkanes) is 1. The molecule has 3 nitrogen and oxygen atoms in total. The van der Waals surface area contributed by atoms with Crippen LogP contribution in [0.2, 0.25) is 0 Å². The molecule has 0 aliphatic carbocycles. The van der Waals surface area contributed by atoms with E-state index in [0.717, 1.165) is 11.3 Å². The molecule has 0 aliphatic rings. The fourth-order valence-corrected chi connectivity index (χ4v) is 1.04. The average Bonchev–Trinajstić information content (AvgIpc) is 1.96. The van der Waals surface area contributed by atoms with Gasteiger partial charge in [-0.2, -0.15) is 13.2 Å². The fourth-order valence-electron chi connectivity index (χ4n) is 1.04. The van der Waals surface area contributed by atoms with Crippen LogP contribution in [0.15, 0.2) is 0 Å². The molecule has 0 rings (SSSR count). The van der Waals surface area contributed by atoms with Crippen molar-refractivity contribution in [2.75, 3.05) is 19.6 Å². The normalized spacial score (nSPS) is 12.1. The lowest BCUT2D eigenvalue weighted by atomic mass is 10.3. The second kappa shape index (κ2) is 5.85. The van der Waals surface area contributed by atoms with Gasteiger partial charge in [0, 0.05) is 0 Å². The first-order chi connectivity index (χ1) is 6.35. The molecule has 0 bridgehead atoms. The zero-order valence-electron chi connectivity index (χ0n) is 7.97. The zero-order chi connectivity index (χ0) is 11.2. The lowest BCUT2D eigenvalue weighted by molar-refractivity contribution is -0.153. The first kappa shape index (κ1) is 13.2. The molecule has 0 amide bonds. The summed E-state index contributed by atoms with van der Waals surface area (Å²) in [6.07, 6.45) is -3.01. The van der Waals surface area contributed by atoms with Crippen molar-refractivity contribution in [1.29, 1.82) is 0 Å². The molecule has 84 valence electrons. The van der Waals surface area contributed by atoms with E-state index >= 15 is 0 Å². The van der Waals surface area contributed by atoms with Gasteiger partial charge in [0.1, 0.15) is 0 Å². The summed E-state index contributed by atoms with van der Waals surface area (Å²) >= 11 is 0. The average molecular weight is 213 g/mol. The van der Waals surface area contributed by atoms with Crippen LogP contribution in [-0.2, 0) is 4.79 Å². The van der Waals surface area contributed by atoms with E-state index in [1.807, 2.05) is 6.92 Å². The molecule has 6 heteroatoms. The monoisotopic (exact) mass is 213 g/mol. The number of aliphatic carboxylic acids is 1. The van der Waals surface area contributed by atoms with E-state index in [4.69, 9.17) is 5.11 Å². The maximum atomic E-state index is 11.9. The van der Waals surface area contributed by atoms with E-state index in [9.17, 15) is 18.0 Å². The van der Waals surface area contributed by atoms with Crippen molar-refractivity contribution in [2.45, 2.75) is 25.9 Å². The van der Waals surface area contributed by atoms with Crippen molar-refractivity contribution in [3.05, 3.63) is 0 Å². The minimum atomic E-state index is -4.33. The lowest BCUT2D eigenvalue weighted by Gasteiger charge is -2.21. The van der Waals surface area contributed by atoms with Crippen LogP contribution in [0.3, 0.4) is 0 Å². The Hall–Kier alpha value is -0.780. The number of carboxylic acids is 1. The number of nitrogens with zero attached hydrogens (tertiary/aromatic N) is 1. The standard InChI is InChI=1S/C8H14F3NO2/c1-2-3-4-12(5-7(13)14)6-8(9,10)11/h2-6H2,1H3,(H,13,14). The highest BCUT2D eigenvalue weighted by Gasteiger charge is 2.31. The molecule has 0 saturated carbocycles. The van der Waals surface area contributed by atoms with Crippen LogP contribution in [0.1, 0.15) is 19.8 Å². The second-order valence-electron chi connectivity index (χ2n) is 3.07. The van der Waals surface area contributed by atoms with Crippen molar-refractivity contribution in [3.63, 3.8) is 0 Å². The molecular formula is C8H14F3NO2. The van der Waals surface area contributed by atoms with Crippen LogP contribution >= 0.6 is 0 Å². The Labute approximate surface area is 80.5 Å². The third-order valence-electron chi connectivity index (χ3n) is 1.59. The van der Waals surface area contributed by atoms with Crippen molar-refractivity contribution >= 4 is 5.97 Å². The Morgan fingerprint density at radius 2 is 2.00 bits per heavy atom. The summed E-state index contributed by atoms with van der Waals surface area (Å²) in [4.78, 5) is 11.1. The molecule has 14 heavy (non-hydrogen) atoms. The largest absolute Gasteiger partial charge is 0.480 e. The van der Waals surface area contributed by atoms with Gasteiger partial charge >= 0.3 is 12.1 Å². The highest BCUT2D eigenvalue weighted by Crippen LogP contribution is 2.16. The minimum Gasteiger partial charge on any atom is -0.480 e. The Bertz CT molecular complexity index is 182. The van der Waals surface area contributed by atoms with Gasteiger partial charge in [0.05, 0.1) is 13.1 Å². The van der Waals surface area contributed by atoms with Crippen LogP contribution in [0.5, 0.6) is 0 Å². The van der Waals surface area contributed by atoms with Gasteiger partial charge in [0.15, 0.2) is 0 Å². The summed E-state index contributed by atoms with van der Waals surface area (Å²) in [6.45, 7) is 0.299. The summed E-state index contributed by atoms with van der Waals surface area (Å²) < 4.78 is 35.8. The van der Waals surface area contributed by atoms with Gasteiger partial charge in [-0.1, -0.05) is 13.3 Å². The third kappa shape index (κ3) is 7.85. The first-order valence-electron chi connectivity index (χ1n) is 4.36. The molecule has 0 fully saturated rings. The van der Waals surface area contributed by atoms with E-state index in [-0.39, 0.29) is 6.54 Å². The quantitative estimate of drug-likeness (QED) is 0.730. The van der Waals surface area contributed by atoms with Crippen LogP contribution < -0.4 is 0 Å². The molecule has 0 aromatic heterocycles. The first-order valence-corrected chi connectivity index (χ1v) is 4.36. The summed E-state index contributed by atoms with van der Waals surface area (Å²) in [5.74, 6) is -1.23. The van der Waals surface area contributed by atoms with Crippen LogP contribution in [0, 0.1) is 0 Å². The zero-order valence-corrected chi connectivity index (χ0v) is 7.97. The molecule has 0 aliphatic heterocycles. The smallest absolute Gasteiger partial charge is 0.401 e. The van der Waals surface area contributed by atoms with Crippen LogP contribution in [-0.4, -0.2) is 41.8 Å². The Morgan fingerprint density at radius 3 is 2.36 bits per heavy atom. The topological polar surface area (TPSA) is 40.5 Å². The Balaban J connectivity index is 4.03. The second-order valence-corrected chi connectivity index (χ2v) is 3.07. The SMILES string of the molecule is CCCCN(CC(=O)O)CC(F)(F)F. The molecule has 0 aromatic carbocycles. The molecule has 0 heterocycles. The molecule has 1 N–H and O–H groups in total. The van der Waals surface area contributed by atoms with E-state index in [1.54, 1.807) is 0 Å². The van der Waals surface area contributed by atoms with E-state index in [0.29, 0.717) is 6.42 Å². The van der Waals surface area contributed by atoms with Gasteiger partial charge < -0.3 is 5.11 Å². The third-order valence-corrected chi connectivity index (χ3v) is 1.59. The number of carboxylic acid groups (broad SMARTS) is 1. The van der Waals surface area contributed by atoms with Gasteiger partial charge in [0.2, 0.25) is 0 Å². The predicted molar refractivity (Wildman–Crippen MR) is 45.0 cm³/mol. The molecular weight excluding hydrogens is 199 g/mol. The summed E-state index contributed by atoms with van der Waals surface area (Å²) in [5, 5.41) is 8.37. The van der Waals surface area contributed by atoms with Gasteiger partial charge in [-0.25, -0.2) is 0 Å². The number of carbonyl (C=O) groups is 1. The van der Waals surface area contributed by atoms with Crippen molar-refractivity contribution in [1.82, 2.24) is 4.90 Å². The van der Waals surface area contributed by atoms with Crippen LogP contribution in [0.25, 0.3) is 0 Å². The van der Waals surface area contributed by atoms with Gasteiger partial charge in [-0.3, -0.25) is 9.69 Å². The van der Waals surface area contributed by atoms with Crippen molar-refractivity contribution < 1.29 is 23.1 Å². The fraction of sp³-hybridized carbons (Fsp3) is 0.875. The molecule has 0 radical (unpaired) electrons. The highest BCUT2D eigenvalue weighted by molar-refractivity contribution is 5.69. The number of halogens is 3. The molecule has 0 atom stereocenters. The number of hydrogen-bond donors (Lipinski definition) is 1. The number of alkyl halides is 3. The van der Waals surface area contributed by atoms with Crippen LogP contribution in [0.4, 0.5) is 13.2 Å². The highest BCUT2D eigenvalue weighted by atomic mass is 19.4. The van der Waals surface area contributed by atoms with E-state index in [1.165, 1.54) is 0 Å². The Kier molecular flexibility index (Phi) is 5.52. The van der Waals surface area contributed by atoms with E-state index in [2.05, 4.69) is 0 Å².